The van der Waals surface area contributed by atoms with E-state index in [1.54, 1.807) is 7.11 Å². The first-order chi connectivity index (χ1) is 8.69. The molecule has 0 aromatic heterocycles. The van der Waals surface area contributed by atoms with Gasteiger partial charge in [-0.2, -0.15) is 0 Å². The normalized spacial score (nSPS) is 17.3. The molecule has 1 N–H and O–H groups in total. The van der Waals surface area contributed by atoms with Crippen LogP contribution < -0.4 is 10.1 Å². The molecule has 0 aliphatic heterocycles. The minimum atomic E-state index is 0.456. The number of rotatable bonds is 5. The fourth-order valence-electron chi connectivity index (χ4n) is 2.85. The van der Waals surface area contributed by atoms with Gasteiger partial charge in [0.05, 0.1) is 7.11 Å². The summed E-state index contributed by atoms with van der Waals surface area (Å²) in [5.41, 5.74) is 3.92. The third-order valence-corrected chi connectivity index (χ3v) is 4.29. The van der Waals surface area contributed by atoms with E-state index in [-0.39, 0.29) is 0 Å². The Hall–Kier alpha value is -1.02. The van der Waals surface area contributed by atoms with Crippen molar-refractivity contribution in [1.82, 2.24) is 5.32 Å². The van der Waals surface area contributed by atoms with Gasteiger partial charge < -0.3 is 10.1 Å². The van der Waals surface area contributed by atoms with Crippen LogP contribution in [-0.4, -0.2) is 13.7 Å². The van der Waals surface area contributed by atoms with Crippen LogP contribution in [0.15, 0.2) is 12.1 Å². The molecule has 0 heterocycles. The Labute approximate surface area is 111 Å². The molecule has 0 amide bonds. The van der Waals surface area contributed by atoms with Crippen molar-refractivity contribution in [2.45, 2.75) is 46.1 Å². The molecule has 1 aromatic rings. The molecule has 1 aliphatic carbocycles. The van der Waals surface area contributed by atoms with Gasteiger partial charge in [-0.05, 0) is 50.3 Å². The average Bonchev–Trinajstić information content (AvgIpc) is 2.30. The van der Waals surface area contributed by atoms with E-state index >= 15 is 0 Å². The minimum Gasteiger partial charge on any atom is -0.496 e. The van der Waals surface area contributed by atoms with Crippen LogP contribution in [-0.2, 0) is 0 Å². The van der Waals surface area contributed by atoms with E-state index < -0.39 is 0 Å². The van der Waals surface area contributed by atoms with Crippen molar-refractivity contribution in [2.24, 2.45) is 5.92 Å². The van der Waals surface area contributed by atoms with Gasteiger partial charge in [-0.15, -0.1) is 0 Å². The Bertz CT molecular complexity index is 410. The van der Waals surface area contributed by atoms with Crippen molar-refractivity contribution in [3.8, 4) is 5.75 Å². The topological polar surface area (TPSA) is 21.3 Å². The molecule has 1 saturated carbocycles. The third kappa shape index (κ3) is 2.39. The van der Waals surface area contributed by atoms with Gasteiger partial charge in [0, 0.05) is 11.6 Å². The number of benzene rings is 1. The summed E-state index contributed by atoms with van der Waals surface area (Å²) in [4.78, 5) is 0. The van der Waals surface area contributed by atoms with E-state index in [9.17, 15) is 0 Å². The van der Waals surface area contributed by atoms with Gasteiger partial charge in [0.25, 0.3) is 0 Å². The summed E-state index contributed by atoms with van der Waals surface area (Å²) in [6, 6.07) is 4.92. The number of methoxy groups -OCH3 is 1. The van der Waals surface area contributed by atoms with Crippen molar-refractivity contribution in [2.75, 3.05) is 13.7 Å². The summed E-state index contributed by atoms with van der Waals surface area (Å²) in [6.07, 6.45) is 4.06. The zero-order valence-corrected chi connectivity index (χ0v) is 12.0. The van der Waals surface area contributed by atoms with Gasteiger partial charge in [-0.3, -0.25) is 0 Å². The fraction of sp³-hybridized carbons (Fsp3) is 0.625. The molecule has 1 aromatic carbocycles. The highest BCUT2D eigenvalue weighted by Gasteiger charge is 2.30. The van der Waals surface area contributed by atoms with E-state index in [2.05, 4.69) is 38.2 Å². The quantitative estimate of drug-likeness (QED) is 0.855. The smallest absolute Gasteiger partial charge is 0.126 e. The maximum Gasteiger partial charge on any atom is 0.126 e. The van der Waals surface area contributed by atoms with Crippen LogP contribution in [0.2, 0.25) is 0 Å². The molecule has 18 heavy (non-hydrogen) atoms. The van der Waals surface area contributed by atoms with Crippen LogP contribution >= 0.6 is 0 Å². The largest absolute Gasteiger partial charge is 0.496 e. The van der Waals surface area contributed by atoms with Crippen molar-refractivity contribution in [3.63, 3.8) is 0 Å². The van der Waals surface area contributed by atoms with Gasteiger partial charge in [-0.25, -0.2) is 0 Å². The first-order valence-corrected chi connectivity index (χ1v) is 7.06. The standard InChI is InChI=1S/C16H25NO/c1-5-17-15(13-7-6-8-13)14-10-9-11(2)12(3)16(14)18-4/h9-10,13,15,17H,5-8H2,1-4H3. The SMILES string of the molecule is CCNC(c1ccc(C)c(C)c1OC)C1CCC1. The van der Waals surface area contributed by atoms with E-state index in [1.807, 2.05) is 0 Å². The van der Waals surface area contributed by atoms with Gasteiger partial charge in [-0.1, -0.05) is 25.5 Å². The third-order valence-electron chi connectivity index (χ3n) is 4.29. The van der Waals surface area contributed by atoms with Crippen molar-refractivity contribution in [3.05, 3.63) is 28.8 Å². The average molecular weight is 247 g/mol. The highest BCUT2D eigenvalue weighted by Crippen LogP contribution is 2.42. The van der Waals surface area contributed by atoms with Crippen LogP contribution in [0.25, 0.3) is 0 Å². The summed E-state index contributed by atoms with van der Waals surface area (Å²) >= 11 is 0. The Balaban J connectivity index is 2.36. The molecular weight excluding hydrogens is 222 g/mol. The van der Waals surface area contributed by atoms with Crippen LogP contribution in [0.4, 0.5) is 0 Å². The molecule has 0 radical (unpaired) electrons. The number of hydrogen-bond donors (Lipinski definition) is 1. The van der Waals surface area contributed by atoms with Crippen molar-refractivity contribution >= 4 is 0 Å². The molecule has 2 rings (SSSR count). The number of ether oxygens (including phenoxy) is 1. The van der Waals surface area contributed by atoms with E-state index in [1.165, 1.54) is 36.0 Å². The summed E-state index contributed by atoms with van der Waals surface area (Å²) in [7, 11) is 1.79. The van der Waals surface area contributed by atoms with Crippen LogP contribution in [0.5, 0.6) is 5.75 Å². The monoisotopic (exact) mass is 247 g/mol. The Morgan fingerprint density at radius 1 is 1.33 bits per heavy atom. The van der Waals surface area contributed by atoms with Crippen LogP contribution in [0.3, 0.4) is 0 Å². The lowest BCUT2D eigenvalue weighted by Crippen LogP contribution is -2.32. The second kappa shape index (κ2) is 5.75. The summed E-state index contributed by atoms with van der Waals surface area (Å²) in [6.45, 7) is 7.49. The predicted molar refractivity (Wildman–Crippen MR) is 76.2 cm³/mol. The minimum absolute atomic E-state index is 0.456. The Kier molecular flexibility index (Phi) is 4.28. The zero-order chi connectivity index (χ0) is 13.1. The van der Waals surface area contributed by atoms with Crippen LogP contribution in [0, 0.1) is 19.8 Å². The number of hydrogen-bond acceptors (Lipinski definition) is 2. The molecule has 1 atom stereocenters. The lowest BCUT2D eigenvalue weighted by atomic mass is 9.76. The van der Waals surface area contributed by atoms with Crippen molar-refractivity contribution in [1.29, 1.82) is 0 Å². The molecule has 0 saturated heterocycles. The van der Waals surface area contributed by atoms with E-state index in [0.29, 0.717) is 6.04 Å². The van der Waals surface area contributed by atoms with Crippen molar-refractivity contribution < 1.29 is 4.74 Å². The molecule has 0 spiro atoms. The van der Waals surface area contributed by atoms with Gasteiger partial charge in [0.1, 0.15) is 5.75 Å². The maximum atomic E-state index is 5.66. The molecule has 1 fully saturated rings. The first kappa shape index (κ1) is 13.4. The summed E-state index contributed by atoms with van der Waals surface area (Å²) < 4.78 is 5.66. The molecule has 1 aliphatic rings. The predicted octanol–water partition coefficient (Wildman–Crippen LogP) is 3.76. The Morgan fingerprint density at radius 2 is 2.06 bits per heavy atom. The molecular formula is C16H25NO. The highest BCUT2D eigenvalue weighted by atomic mass is 16.5. The maximum absolute atomic E-state index is 5.66. The first-order valence-electron chi connectivity index (χ1n) is 7.06. The van der Waals surface area contributed by atoms with Crippen LogP contribution in [0.1, 0.15) is 48.9 Å². The van der Waals surface area contributed by atoms with Gasteiger partial charge in [0.15, 0.2) is 0 Å². The second-order valence-electron chi connectivity index (χ2n) is 5.36. The fourth-order valence-corrected chi connectivity index (χ4v) is 2.85. The second-order valence-corrected chi connectivity index (χ2v) is 5.36. The number of nitrogens with one attached hydrogen (secondary N) is 1. The van der Waals surface area contributed by atoms with Gasteiger partial charge >= 0.3 is 0 Å². The zero-order valence-electron chi connectivity index (χ0n) is 12.0. The summed E-state index contributed by atoms with van der Waals surface area (Å²) in [5, 5.41) is 3.64. The lowest BCUT2D eigenvalue weighted by molar-refractivity contribution is 0.228. The molecule has 100 valence electrons. The highest BCUT2D eigenvalue weighted by molar-refractivity contribution is 5.47. The molecule has 1 unspecified atom stereocenters. The lowest BCUT2D eigenvalue weighted by Gasteiger charge is -2.35. The van der Waals surface area contributed by atoms with E-state index in [0.717, 1.165) is 18.2 Å². The Morgan fingerprint density at radius 3 is 2.56 bits per heavy atom. The number of aryl methyl sites for hydroxylation is 1. The summed E-state index contributed by atoms with van der Waals surface area (Å²) in [5.74, 6) is 1.86. The van der Waals surface area contributed by atoms with Gasteiger partial charge in [0.2, 0.25) is 0 Å². The molecule has 2 nitrogen and oxygen atoms in total. The molecule has 0 bridgehead atoms. The molecule has 2 heteroatoms. The van der Waals surface area contributed by atoms with E-state index in [4.69, 9.17) is 4.74 Å².